The molecule has 3 saturated heterocycles. The number of piperidine rings is 3. The summed E-state index contributed by atoms with van der Waals surface area (Å²) >= 11 is 0. The first-order chi connectivity index (χ1) is 13.1. The third-order valence-corrected chi connectivity index (χ3v) is 6.80. The van der Waals surface area contributed by atoms with Crippen LogP contribution >= 0.6 is 0 Å². The third kappa shape index (κ3) is 3.52. The summed E-state index contributed by atoms with van der Waals surface area (Å²) < 4.78 is 0. The normalized spacial score (nSPS) is 26.3. The van der Waals surface area contributed by atoms with Crippen molar-refractivity contribution in [2.75, 3.05) is 19.6 Å². The molecule has 5 rings (SSSR count). The molecular formula is C24H28N2O. The third-order valence-electron chi connectivity index (χ3n) is 6.80. The zero-order chi connectivity index (χ0) is 18.9. The lowest BCUT2D eigenvalue weighted by Gasteiger charge is -2.51. The molecule has 1 N–H and O–H groups in total. The average Bonchev–Trinajstić information content (AvgIpc) is 2.74. The molecule has 2 aromatic rings. The summed E-state index contributed by atoms with van der Waals surface area (Å²) in [7, 11) is 0. The Bertz CT molecular complexity index is 833. The lowest BCUT2D eigenvalue weighted by atomic mass is 9.66. The predicted molar refractivity (Wildman–Crippen MR) is 107 cm³/mol. The van der Waals surface area contributed by atoms with Gasteiger partial charge in [0.1, 0.15) is 0 Å². The maximum atomic E-state index is 12.0. The van der Waals surface area contributed by atoms with Crippen LogP contribution in [0.1, 0.15) is 41.5 Å². The first kappa shape index (κ1) is 18.2. The molecule has 2 atom stereocenters. The van der Waals surface area contributed by atoms with Crippen molar-refractivity contribution in [3.63, 3.8) is 0 Å². The predicted octanol–water partition coefficient (Wildman–Crippen LogP) is 4.03. The van der Waals surface area contributed by atoms with Crippen molar-refractivity contribution < 1.29 is 5.11 Å². The van der Waals surface area contributed by atoms with Crippen molar-refractivity contribution in [2.45, 2.75) is 38.2 Å². The highest BCUT2D eigenvalue weighted by Crippen LogP contribution is 2.45. The van der Waals surface area contributed by atoms with E-state index in [1.165, 1.54) is 37.1 Å². The number of aliphatic hydroxyl groups is 1. The lowest BCUT2D eigenvalue weighted by Crippen LogP contribution is -2.55. The van der Waals surface area contributed by atoms with E-state index < -0.39 is 5.60 Å². The van der Waals surface area contributed by atoms with Gasteiger partial charge in [0.15, 0.2) is 0 Å². The molecule has 2 unspecified atom stereocenters. The van der Waals surface area contributed by atoms with Crippen LogP contribution in [0.3, 0.4) is 0 Å². The number of aryl methyl sites for hydroxylation is 2. The molecular weight excluding hydrogens is 332 g/mol. The maximum Gasteiger partial charge on any atom is 0.0991 e. The fourth-order valence-electron chi connectivity index (χ4n) is 5.11. The molecule has 140 valence electrons. The number of benzene rings is 2. The second-order valence-corrected chi connectivity index (χ2v) is 8.29. The van der Waals surface area contributed by atoms with Crippen LogP contribution < -0.4 is 0 Å². The quantitative estimate of drug-likeness (QED) is 0.876. The molecule has 0 saturated carbocycles. The Hall–Kier alpha value is -2.15. The Morgan fingerprint density at radius 2 is 1.89 bits per heavy atom. The van der Waals surface area contributed by atoms with Crippen LogP contribution in [-0.2, 0) is 12.0 Å². The smallest absolute Gasteiger partial charge is 0.0991 e. The number of nitrogens with zero attached hydrogens (tertiary/aromatic N) is 2. The molecule has 2 bridgehead atoms. The van der Waals surface area contributed by atoms with Gasteiger partial charge in [0, 0.05) is 12.5 Å². The van der Waals surface area contributed by atoms with Gasteiger partial charge < -0.3 is 10.0 Å². The largest absolute Gasteiger partial charge is 0.385 e. The van der Waals surface area contributed by atoms with E-state index in [-0.39, 0.29) is 5.92 Å². The van der Waals surface area contributed by atoms with E-state index in [0.29, 0.717) is 17.9 Å². The van der Waals surface area contributed by atoms with Crippen LogP contribution in [0.25, 0.3) is 0 Å². The highest BCUT2D eigenvalue weighted by Gasteiger charge is 2.47. The first-order valence-corrected chi connectivity index (χ1v) is 10.1. The molecule has 0 amide bonds. The Kier molecular flexibility index (Phi) is 5.04. The summed E-state index contributed by atoms with van der Waals surface area (Å²) in [6, 6.07) is 18.3. The average molecular weight is 361 g/mol. The highest BCUT2D eigenvalue weighted by atomic mass is 16.3. The van der Waals surface area contributed by atoms with Crippen LogP contribution in [0.4, 0.5) is 0 Å². The van der Waals surface area contributed by atoms with E-state index in [9.17, 15) is 10.4 Å². The number of hydrogen-bond acceptors (Lipinski definition) is 3. The van der Waals surface area contributed by atoms with Crippen molar-refractivity contribution in [1.29, 1.82) is 5.26 Å². The second kappa shape index (κ2) is 7.46. The number of hydrogen-bond donors (Lipinski definition) is 1. The van der Waals surface area contributed by atoms with Crippen LogP contribution in [0.15, 0.2) is 48.5 Å². The first-order valence-electron chi connectivity index (χ1n) is 10.1. The van der Waals surface area contributed by atoms with Crippen LogP contribution in [0.5, 0.6) is 0 Å². The van der Waals surface area contributed by atoms with E-state index in [0.717, 1.165) is 18.5 Å². The van der Waals surface area contributed by atoms with Gasteiger partial charge in [-0.2, -0.15) is 5.26 Å². The van der Waals surface area contributed by atoms with Gasteiger partial charge >= 0.3 is 0 Å². The summed E-state index contributed by atoms with van der Waals surface area (Å²) in [4.78, 5) is 2.51. The number of fused-ring (bicyclic) bond motifs is 3. The Balaban J connectivity index is 1.64. The minimum absolute atomic E-state index is 0.279. The number of rotatable bonds is 5. The molecule has 3 heterocycles. The topological polar surface area (TPSA) is 47.3 Å². The molecule has 0 aliphatic carbocycles. The summed E-state index contributed by atoms with van der Waals surface area (Å²) in [5.74, 6) is 0.883. The van der Waals surface area contributed by atoms with E-state index in [2.05, 4.69) is 30.0 Å². The minimum Gasteiger partial charge on any atom is -0.385 e. The van der Waals surface area contributed by atoms with Crippen molar-refractivity contribution >= 4 is 0 Å². The zero-order valence-corrected chi connectivity index (χ0v) is 16.1. The minimum atomic E-state index is -0.819. The van der Waals surface area contributed by atoms with Crippen molar-refractivity contribution in [3.8, 4) is 6.07 Å². The van der Waals surface area contributed by atoms with E-state index >= 15 is 0 Å². The maximum absolute atomic E-state index is 12.0. The molecule has 27 heavy (non-hydrogen) atoms. The van der Waals surface area contributed by atoms with E-state index in [4.69, 9.17) is 0 Å². The molecule has 3 heteroatoms. The summed E-state index contributed by atoms with van der Waals surface area (Å²) in [6.45, 7) is 5.43. The van der Waals surface area contributed by atoms with Crippen molar-refractivity contribution in [2.24, 2.45) is 11.8 Å². The van der Waals surface area contributed by atoms with Gasteiger partial charge in [-0.25, -0.2) is 0 Å². The SMILES string of the molecule is Cc1ccc(C#N)cc1CCC(O)(c1ccccc1)C1CN2CCC1CC2. The molecule has 3 nitrogen and oxygen atoms in total. The Labute approximate surface area is 162 Å². The molecule has 0 radical (unpaired) electrons. The van der Waals surface area contributed by atoms with Gasteiger partial charge in [-0.05, 0) is 80.4 Å². The van der Waals surface area contributed by atoms with Crippen LogP contribution in [-0.4, -0.2) is 29.6 Å². The molecule has 3 aliphatic rings. The molecule has 0 spiro atoms. The summed E-state index contributed by atoms with van der Waals surface area (Å²) in [6.07, 6.45) is 3.88. The fraction of sp³-hybridized carbons (Fsp3) is 0.458. The van der Waals surface area contributed by atoms with Crippen molar-refractivity contribution in [3.05, 3.63) is 70.8 Å². The Morgan fingerprint density at radius 1 is 1.15 bits per heavy atom. The summed E-state index contributed by atoms with van der Waals surface area (Å²) in [5.41, 5.74) is 3.28. The van der Waals surface area contributed by atoms with Gasteiger partial charge in [-0.15, -0.1) is 0 Å². The zero-order valence-electron chi connectivity index (χ0n) is 16.1. The molecule has 0 aromatic heterocycles. The highest BCUT2D eigenvalue weighted by molar-refractivity contribution is 5.38. The fourth-order valence-corrected chi connectivity index (χ4v) is 5.11. The Morgan fingerprint density at radius 3 is 2.52 bits per heavy atom. The monoisotopic (exact) mass is 360 g/mol. The second-order valence-electron chi connectivity index (χ2n) is 8.29. The van der Waals surface area contributed by atoms with Gasteiger partial charge in [0.25, 0.3) is 0 Å². The summed E-state index contributed by atoms with van der Waals surface area (Å²) in [5, 5.41) is 21.2. The van der Waals surface area contributed by atoms with Gasteiger partial charge in [-0.3, -0.25) is 0 Å². The van der Waals surface area contributed by atoms with Crippen molar-refractivity contribution in [1.82, 2.24) is 4.90 Å². The molecule has 2 aromatic carbocycles. The van der Waals surface area contributed by atoms with Gasteiger partial charge in [0.2, 0.25) is 0 Å². The van der Waals surface area contributed by atoms with Gasteiger partial charge in [0.05, 0.1) is 17.2 Å². The van der Waals surface area contributed by atoms with Crippen LogP contribution in [0, 0.1) is 30.1 Å². The van der Waals surface area contributed by atoms with E-state index in [1.807, 2.05) is 36.4 Å². The standard InChI is InChI=1S/C24H28N2O/c1-18-7-8-19(16-25)15-21(18)9-12-24(27,22-5-3-2-4-6-22)23-17-26-13-10-20(23)11-14-26/h2-8,15,20,23,27H,9-14,17H2,1H3. The lowest BCUT2D eigenvalue weighted by molar-refractivity contribution is -0.106. The van der Waals surface area contributed by atoms with E-state index in [1.54, 1.807) is 0 Å². The van der Waals surface area contributed by atoms with Gasteiger partial charge in [-0.1, -0.05) is 36.4 Å². The number of nitriles is 1. The molecule has 3 fully saturated rings. The van der Waals surface area contributed by atoms with Crippen LogP contribution in [0.2, 0.25) is 0 Å². The molecule has 3 aliphatic heterocycles.